The zero-order chi connectivity index (χ0) is 14.8. The van der Waals surface area contributed by atoms with E-state index >= 15 is 0 Å². The summed E-state index contributed by atoms with van der Waals surface area (Å²) in [6, 6.07) is 15.1. The number of benzene rings is 1. The first-order valence-electron chi connectivity index (χ1n) is 7.65. The minimum atomic E-state index is 0.391. The van der Waals surface area contributed by atoms with Gasteiger partial charge in [0.2, 0.25) is 0 Å². The maximum atomic E-state index is 4.30. The van der Waals surface area contributed by atoms with Crippen molar-refractivity contribution in [3.63, 3.8) is 0 Å². The van der Waals surface area contributed by atoms with Crippen LogP contribution in [0.2, 0.25) is 0 Å². The summed E-state index contributed by atoms with van der Waals surface area (Å²) in [5.74, 6) is 2.16. The predicted octanol–water partition coefficient (Wildman–Crippen LogP) is 3.45. The molecule has 0 radical (unpaired) electrons. The molecular weight excluding hydrogens is 292 g/mol. The minimum absolute atomic E-state index is 0.391. The third-order valence-electron chi connectivity index (χ3n) is 4.08. The molecule has 0 bridgehead atoms. The Labute approximate surface area is 134 Å². The molecule has 1 aliphatic heterocycles. The molecule has 0 saturated carbocycles. The molecule has 1 aromatic carbocycles. The number of rotatable bonds is 3. The lowest BCUT2D eigenvalue weighted by molar-refractivity contribution is 0.483. The standard InChI is InChI=1S/C17H18N4S/c1-2-8-15-13(6-1)14(7-5-11-22-15)18-12-17-20-19-16-9-3-4-10-21(16)17/h1-4,6,8-10,14,18H,5,7,11-12H2. The molecule has 1 atom stereocenters. The Morgan fingerprint density at radius 1 is 1.14 bits per heavy atom. The van der Waals surface area contributed by atoms with E-state index in [0.717, 1.165) is 18.0 Å². The third kappa shape index (κ3) is 2.62. The molecule has 1 N–H and O–H groups in total. The number of hydrogen-bond acceptors (Lipinski definition) is 4. The molecule has 4 rings (SSSR count). The second-order valence-corrected chi connectivity index (χ2v) is 6.64. The van der Waals surface area contributed by atoms with Crippen LogP contribution < -0.4 is 5.32 Å². The van der Waals surface area contributed by atoms with E-state index in [-0.39, 0.29) is 0 Å². The van der Waals surface area contributed by atoms with Crippen molar-refractivity contribution in [3.05, 3.63) is 60.0 Å². The van der Waals surface area contributed by atoms with Crippen molar-refractivity contribution < 1.29 is 0 Å². The summed E-state index contributed by atoms with van der Waals surface area (Å²) < 4.78 is 2.05. The summed E-state index contributed by atoms with van der Waals surface area (Å²) in [5, 5.41) is 12.2. The van der Waals surface area contributed by atoms with Crippen LogP contribution in [0.3, 0.4) is 0 Å². The van der Waals surface area contributed by atoms with Crippen LogP contribution in [-0.2, 0) is 6.54 Å². The number of pyridine rings is 1. The first-order chi connectivity index (χ1) is 10.9. The molecule has 3 aromatic rings. The molecule has 22 heavy (non-hydrogen) atoms. The summed E-state index contributed by atoms with van der Waals surface area (Å²) in [6.45, 7) is 0.731. The van der Waals surface area contributed by atoms with E-state index in [9.17, 15) is 0 Å². The Morgan fingerprint density at radius 2 is 2.05 bits per heavy atom. The first kappa shape index (κ1) is 13.8. The molecule has 0 aliphatic carbocycles. The van der Waals surface area contributed by atoms with Crippen LogP contribution in [0.5, 0.6) is 0 Å². The van der Waals surface area contributed by atoms with Gasteiger partial charge < -0.3 is 5.32 Å². The van der Waals surface area contributed by atoms with Crippen LogP contribution in [0.4, 0.5) is 0 Å². The number of aromatic nitrogens is 3. The fraction of sp³-hybridized carbons (Fsp3) is 0.294. The van der Waals surface area contributed by atoms with E-state index < -0.39 is 0 Å². The van der Waals surface area contributed by atoms with Crippen molar-refractivity contribution in [3.8, 4) is 0 Å². The Bertz CT molecular complexity index is 783. The van der Waals surface area contributed by atoms with E-state index in [4.69, 9.17) is 0 Å². The lowest BCUT2D eigenvalue weighted by Crippen LogP contribution is -2.22. The molecule has 1 unspecified atom stereocenters. The summed E-state index contributed by atoms with van der Waals surface area (Å²) in [4.78, 5) is 1.41. The number of hydrogen-bond donors (Lipinski definition) is 1. The highest BCUT2D eigenvalue weighted by molar-refractivity contribution is 7.99. The highest BCUT2D eigenvalue weighted by Gasteiger charge is 2.18. The monoisotopic (exact) mass is 310 g/mol. The first-order valence-corrected chi connectivity index (χ1v) is 8.64. The molecule has 0 fully saturated rings. The molecule has 0 saturated heterocycles. The van der Waals surface area contributed by atoms with Gasteiger partial charge in [-0.3, -0.25) is 4.40 Å². The minimum Gasteiger partial charge on any atom is -0.303 e. The molecule has 1 aliphatic rings. The van der Waals surface area contributed by atoms with Gasteiger partial charge in [-0.25, -0.2) is 0 Å². The van der Waals surface area contributed by atoms with Crippen molar-refractivity contribution in [1.29, 1.82) is 0 Å². The van der Waals surface area contributed by atoms with Gasteiger partial charge in [0, 0.05) is 17.1 Å². The zero-order valence-corrected chi connectivity index (χ0v) is 13.1. The van der Waals surface area contributed by atoms with Crippen LogP contribution in [0.25, 0.3) is 5.65 Å². The van der Waals surface area contributed by atoms with Crippen molar-refractivity contribution in [2.45, 2.75) is 30.3 Å². The van der Waals surface area contributed by atoms with Gasteiger partial charge in [-0.15, -0.1) is 22.0 Å². The fourth-order valence-corrected chi connectivity index (χ4v) is 4.05. The number of nitrogens with zero attached hydrogens (tertiary/aromatic N) is 3. The molecule has 4 nitrogen and oxygen atoms in total. The molecule has 5 heteroatoms. The summed E-state index contributed by atoms with van der Waals surface area (Å²) >= 11 is 1.97. The fourth-order valence-electron chi connectivity index (χ4n) is 2.96. The predicted molar refractivity (Wildman–Crippen MR) is 89.0 cm³/mol. The average Bonchev–Trinajstić information content (AvgIpc) is 2.86. The Kier molecular flexibility index (Phi) is 3.83. The van der Waals surface area contributed by atoms with Crippen molar-refractivity contribution in [2.24, 2.45) is 0 Å². The molecule has 112 valence electrons. The molecule has 3 heterocycles. The third-order valence-corrected chi connectivity index (χ3v) is 5.26. The normalized spacial score (nSPS) is 18.1. The summed E-state index contributed by atoms with van der Waals surface area (Å²) in [7, 11) is 0. The van der Waals surface area contributed by atoms with E-state index in [1.807, 2.05) is 40.6 Å². The summed E-state index contributed by atoms with van der Waals surface area (Å²) in [5.41, 5.74) is 2.31. The number of fused-ring (bicyclic) bond motifs is 2. The molecule has 2 aromatic heterocycles. The lowest BCUT2D eigenvalue weighted by Gasteiger charge is -2.18. The van der Waals surface area contributed by atoms with Gasteiger partial charge >= 0.3 is 0 Å². The Morgan fingerprint density at radius 3 is 3.05 bits per heavy atom. The molecule has 0 amide bonds. The molecular formula is C17H18N4S. The van der Waals surface area contributed by atoms with Crippen LogP contribution >= 0.6 is 11.8 Å². The quantitative estimate of drug-likeness (QED) is 0.804. The largest absolute Gasteiger partial charge is 0.303 e. The van der Waals surface area contributed by atoms with Gasteiger partial charge in [0.15, 0.2) is 11.5 Å². The topological polar surface area (TPSA) is 42.2 Å². The van der Waals surface area contributed by atoms with Gasteiger partial charge in [0.25, 0.3) is 0 Å². The SMILES string of the molecule is c1ccc2c(c1)SCCCC2NCc1nnc2ccccn12. The highest BCUT2D eigenvalue weighted by atomic mass is 32.2. The van der Waals surface area contributed by atoms with Crippen molar-refractivity contribution in [1.82, 2.24) is 19.9 Å². The van der Waals surface area contributed by atoms with Gasteiger partial charge in [0.1, 0.15) is 0 Å². The van der Waals surface area contributed by atoms with Crippen LogP contribution in [0.1, 0.15) is 30.3 Å². The van der Waals surface area contributed by atoms with E-state index in [1.165, 1.54) is 29.1 Å². The van der Waals surface area contributed by atoms with E-state index in [1.54, 1.807) is 0 Å². The molecule has 0 spiro atoms. The maximum Gasteiger partial charge on any atom is 0.160 e. The highest BCUT2D eigenvalue weighted by Crippen LogP contribution is 2.34. The smallest absolute Gasteiger partial charge is 0.160 e. The Hall–Kier alpha value is -1.85. The van der Waals surface area contributed by atoms with Gasteiger partial charge in [0.05, 0.1) is 6.54 Å². The number of nitrogens with one attached hydrogen (secondary N) is 1. The van der Waals surface area contributed by atoms with Crippen LogP contribution in [0, 0.1) is 0 Å². The van der Waals surface area contributed by atoms with E-state index in [0.29, 0.717) is 6.04 Å². The van der Waals surface area contributed by atoms with Crippen molar-refractivity contribution >= 4 is 17.4 Å². The average molecular weight is 310 g/mol. The lowest BCUT2D eigenvalue weighted by atomic mass is 10.0. The van der Waals surface area contributed by atoms with Crippen LogP contribution in [-0.4, -0.2) is 20.4 Å². The van der Waals surface area contributed by atoms with Crippen LogP contribution in [0.15, 0.2) is 53.6 Å². The maximum absolute atomic E-state index is 4.30. The van der Waals surface area contributed by atoms with Gasteiger partial charge in [-0.2, -0.15) is 0 Å². The van der Waals surface area contributed by atoms with Gasteiger partial charge in [-0.1, -0.05) is 24.3 Å². The number of thioether (sulfide) groups is 1. The summed E-state index contributed by atoms with van der Waals surface area (Å²) in [6.07, 6.45) is 4.42. The van der Waals surface area contributed by atoms with Gasteiger partial charge in [-0.05, 0) is 42.4 Å². The Balaban J connectivity index is 1.56. The zero-order valence-electron chi connectivity index (χ0n) is 12.3. The van der Waals surface area contributed by atoms with Crippen molar-refractivity contribution in [2.75, 3.05) is 5.75 Å². The second-order valence-electron chi connectivity index (χ2n) is 5.51. The second kappa shape index (κ2) is 6.10. The van der Waals surface area contributed by atoms with E-state index in [2.05, 4.69) is 39.8 Å².